The minimum absolute atomic E-state index is 0.215. The molecule has 6 heteroatoms. The first-order valence-corrected chi connectivity index (χ1v) is 8.56. The van der Waals surface area contributed by atoms with E-state index in [2.05, 4.69) is 4.99 Å². The van der Waals surface area contributed by atoms with Crippen LogP contribution in [0.1, 0.15) is 55.4 Å². The summed E-state index contributed by atoms with van der Waals surface area (Å²) in [5, 5.41) is 0. The molecule has 2 aliphatic heterocycles. The lowest BCUT2D eigenvalue weighted by Gasteiger charge is -2.39. The van der Waals surface area contributed by atoms with E-state index in [0.29, 0.717) is 12.1 Å². The van der Waals surface area contributed by atoms with Gasteiger partial charge in [-0.25, -0.2) is 13.6 Å². The van der Waals surface area contributed by atoms with E-state index in [0.717, 1.165) is 21.6 Å². The van der Waals surface area contributed by atoms with E-state index in [4.69, 9.17) is 4.74 Å². The highest BCUT2D eigenvalue weighted by Crippen LogP contribution is 2.42. The number of nitrogens with zero attached hydrogens (tertiary/aromatic N) is 2. The number of benzene rings is 1. The number of carbonyl (C=O) groups excluding carboxylic acids is 1. The van der Waals surface area contributed by atoms with Gasteiger partial charge in [0, 0.05) is 12.8 Å². The van der Waals surface area contributed by atoms with Gasteiger partial charge in [0.2, 0.25) is 0 Å². The van der Waals surface area contributed by atoms with Crippen molar-refractivity contribution in [2.24, 2.45) is 4.99 Å². The molecule has 0 N–H and O–H groups in total. The first kappa shape index (κ1) is 17.8. The lowest BCUT2D eigenvalue weighted by Crippen LogP contribution is -2.51. The van der Waals surface area contributed by atoms with Crippen LogP contribution in [0.15, 0.2) is 17.1 Å². The third-order valence-electron chi connectivity index (χ3n) is 4.65. The SMILES string of the molecule is Cc1cc2c(cc1C1CCN(C(=O)OC(C)(C)C)CC1(F)F)CN=C2. The Bertz CT molecular complexity index is 723. The molecular weight excluding hydrogens is 326 g/mol. The zero-order chi connectivity index (χ0) is 18.4. The first-order valence-electron chi connectivity index (χ1n) is 8.56. The Hall–Kier alpha value is -1.98. The van der Waals surface area contributed by atoms with Gasteiger partial charge in [-0.2, -0.15) is 0 Å². The number of halogens is 2. The van der Waals surface area contributed by atoms with Crippen molar-refractivity contribution < 1.29 is 18.3 Å². The number of aliphatic imine (C=N–C) groups is 1. The maximum Gasteiger partial charge on any atom is 0.410 e. The van der Waals surface area contributed by atoms with Gasteiger partial charge in [0.25, 0.3) is 5.92 Å². The van der Waals surface area contributed by atoms with E-state index in [9.17, 15) is 13.6 Å². The number of ether oxygens (including phenoxy) is 1. The summed E-state index contributed by atoms with van der Waals surface area (Å²) in [6.45, 7) is 7.24. The van der Waals surface area contributed by atoms with Gasteiger partial charge >= 0.3 is 6.09 Å². The molecule has 1 fully saturated rings. The summed E-state index contributed by atoms with van der Waals surface area (Å²) < 4.78 is 34.9. The van der Waals surface area contributed by atoms with Crippen LogP contribution in [0.25, 0.3) is 0 Å². The van der Waals surface area contributed by atoms with E-state index in [1.807, 2.05) is 19.1 Å². The average molecular weight is 350 g/mol. The minimum atomic E-state index is -2.99. The van der Waals surface area contributed by atoms with Crippen molar-refractivity contribution in [1.82, 2.24) is 4.90 Å². The van der Waals surface area contributed by atoms with Crippen molar-refractivity contribution in [2.75, 3.05) is 13.1 Å². The van der Waals surface area contributed by atoms with Crippen LogP contribution in [-0.2, 0) is 11.3 Å². The molecule has 1 aromatic rings. The number of rotatable bonds is 1. The van der Waals surface area contributed by atoms with Crippen LogP contribution >= 0.6 is 0 Å². The number of carbonyl (C=O) groups is 1. The molecule has 2 aliphatic rings. The maximum absolute atomic E-state index is 14.8. The molecule has 1 aromatic carbocycles. The van der Waals surface area contributed by atoms with Gasteiger partial charge in [0.15, 0.2) is 0 Å². The molecule has 0 saturated carbocycles. The molecule has 2 heterocycles. The third-order valence-corrected chi connectivity index (χ3v) is 4.65. The van der Waals surface area contributed by atoms with Crippen molar-refractivity contribution in [2.45, 2.75) is 58.1 Å². The Balaban J connectivity index is 1.79. The van der Waals surface area contributed by atoms with Crippen LogP contribution in [0, 0.1) is 6.92 Å². The second-order valence-electron chi connectivity index (χ2n) is 7.88. The predicted octanol–water partition coefficient (Wildman–Crippen LogP) is 4.29. The normalized spacial score (nSPS) is 22.0. The van der Waals surface area contributed by atoms with Gasteiger partial charge in [0.05, 0.1) is 19.0 Å². The molecule has 1 atom stereocenters. The topological polar surface area (TPSA) is 41.9 Å². The zero-order valence-corrected chi connectivity index (χ0v) is 15.1. The molecule has 0 aliphatic carbocycles. The van der Waals surface area contributed by atoms with Crippen LogP contribution in [0.4, 0.5) is 13.6 Å². The number of alkyl halides is 2. The fourth-order valence-corrected chi connectivity index (χ4v) is 3.47. The Morgan fingerprint density at radius 1 is 1.36 bits per heavy atom. The number of fused-ring (bicyclic) bond motifs is 1. The van der Waals surface area contributed by atoms with Crippen LogP contribution in [0.5, 0.6) is 0 Å². The summed E-state index contributed by atoms with van der Waals surface area (Å²) >= 11 is 0. The fraction of sp³-hybridized carbons (Fsp3) is 0.579. The summed E-state index contributed by atoms with van der Waals surface area (Å²) in [6.07, 6.45) is 1.33. The third kappa shape index (κ3) is 3.67. The van der Waals surface area contributed by atoms with Crippen LogP contribution in [0.3, 0.4) is 0 Å². The van der Waals surface area contributed by atoms with E-state index >= 15 is 0 Å². The van der Waals surface area contributed by atoms with Gasteiger partial charge < -0.3 is 9.64 Å². The molecule has 1 amide bonds. The number of piperidine rings is 1. The lowest BCUT2D eigenvalue weighted by molar-refractivity contribution is -0.0850. The largest absolute Gasteiger partial charge is 0.444 e. The summed E-state index contributed by atoms with van der Waals surface area (Å²) in [5.74, 6) is -3.88. The Morgan fingerprint density at radius 3 is 2.72 bits per heavy atom. The number of hydrogen-bond donors (Lipinski definition) is 0. The van der Waals surface area contributed by atoms with Gasteiger partial charge in [-0.1, -0.05) is 6.07 Å². The Kier molecular flexibility index (Phi) is 4.33. The highest BCUT2D eigenvalue weighted by Gasteiger charge is 2.47. The smallest absolute Gasteiger partial charge is 0.410 e. The zero-order valence-electron chi connectivity index (χ0n) is 15.1. The summed E-state index contributed by atoms with van der Waals surface area (Å²) in [6, 6.07) is 3.79. The Labute approximate surface area is 146 Å². The molecular formula is C19H24F2N2O2. The summed E-state index contributed by atoms with van der Waals surface area (Å²) in [4.78, 5) is 17.4. The van der Waals surface area contributed by atoms with Crippen molar-refractivity contribution in [1.29, 1.82) is 0 Å². The quantitative estimate of drug-likeness (QED) is 0.758. The Morgan fingerprint density at radius 2 is 2.08 bits per heavy atom. The van der Waals surface area contributed by atoms with Gasteiger partial charge in [0.1, 0.15) is 5.60 Å². The molecule has 0 radical (unpaired) electrons. The number of hydrogen-bond acceptors (Lipinski definition) is 3. The monoisotopic (exact) mass is 350 g/mol. The average Bonchev–Trinajstić information content (AvgIpc) is 2.91. The van der Waals surface area contributed by atoms with E-state index < -0.39 is 30.1 Å². The van der Waals surface area contributed by atoms with Gasteiger partial charge in [-0.15, -0.1) is 0 Å². The number of aryl methyl sites for hydroxylation is 1. The molecule has 4 nitrogen and oxygen atoms in total. The number of amides is 1. The number of likely N-dealkylation sites (tertiary alicyclic amines) is 1. The van der Waals surface area contributed by atoms with Gasteiger partial charge in [-0.05, 0) is 62.4 Å². The van der Waals surface area contributed by atoms with Crippen LogP contribution in [0.2, 0.25) is 0 Å². The molecule has 136 valence electrons. The molecule has 25 heavy (non-hydrogen) atoms. The minimum Gasteiger partial charge on any atom is -0.444 e. The van der Waals surface area contributed by atoms with Crippen LogP contribution < -0.4 is 0 Å². The summed E-state index contributed by atoms with van der Waals surface area (Å²) in [5.41, 5.74) is 2.82. The lowest BCUT2D eigenvalue weighted by atomic mass is 9.82. The molecule has 1 unspecified atom stereocenters. The van der Waals surface area contributed by atoms with E-state index in [1.54, 1.807) is 27.0 Å². The van der Waals surface area contributed by atoms with Gasteiger partial charge in [-0.3, -0.25) is 4.99 Å². The van der Waals surface area contributed by atoms with Crippen molar-refractivity contribution >= 4 is 12.3 Å². The summed E-state index contributed by atoms with van der Waals surface area (Å²) in [7, 11) is 0. The second kappa shape index (κ2) is 6.07. The molecule has 0 spiro atoms. The van der Waals surface area contributed by atoms with Crippen LogP contribution in [-0.4, -0.2) is 41.8 Å². The van der Waals surface area contributed by atoms with Crippen molar-refractivity contribution in [3.63, 3.8) is 0 Å². The molecule has 1 saturated heterocycles. The highest BCUT2D eigenvalue weighted by atomic mass is 19.3. The second-order valence-corrected chi connectivity index (χ2v) is 7.88. The molecule has 0 bridgehead atoms. The highest BCUT2D eigenvalue weighted by molar-refractivity contribution is 5.85. The van der Waals surface area contributed by atoms with E-state index in [-0.39, 0.29) is 13.0 Å². The van der Waals surface area contributed by atoms with E-state index in [1.165, 1.54) is 0 Å². The molecule has 3 rings (SSSR count). The van der Waals surface area contributed by atoms with Crippen molar-refractivity contribution in [3.05, 3.63) is 34.4 Å². The first-order chi connectivity index (χ1) is 11.6. The van der Waals surface area contributed by atoms with Crippen molar-refractivity contribution in [3.8, 4) is 0 Å². The molecule has 0 aromatic heterocycles. The standard InChI is InChI=1S/C19H24F2N2O2/c1-12-7-13-9-22-10-14(13)8-15(12)16-5-6-23(11-19(16,20)21)17(24)25-18(2,3)4/h7-9,16H,5-6,10-11H2,1-4H3. The maximum atomic E-state index is 14.8. The fourth-order valence-electron chi connectivity index (χ4n) is 3.47. The predicted molar refractivity (Wildman–Crippen MR) is 92.6 cm³/mol.